The van der Waals surface area contributed by atoms with Crippen molar-refractivity contribution in [2.75, 3.05) is 12.3 Å². The molecule has 1 atom stereocenters. The second-order valence-electron chi connectivity index (χ2n) is 6.14. The average Bonchev–Trinajstić information content (AvgIpc) is 2.60. The van der Waals surface area contributed by atoms with Gasteiger partial charge in [0.1, 0.15) is 0 Å². The Morgan fingerprint density at radius 1 is 1.00 bits per heavy atom. The van der Waals surface area contributed by atoms with E-state index < -0.39 is 10.0 Å². The van der Waals surface area contributed by atoms with Crippen LogP contribution in [0.4, 0.5) is 0 Å². The summed E-state index contributed by atoms with van der Waals surface area (Å²) in [6.45, 7) is 8.22. The molecule has 2 rings (SSSR count). The van der Waals surface area contributed by atoms with Crippen molar-refractivity contribution >= 4 is 10.0 Å². The Bertz CT molecular complexity index is 734. The predicted molar refractivity (Wildman–Crippen MR) is 101 cm³/mol. The topological polar surface area (TPSA) is 46.2 Å². The van der Waals surface area contributed by atoms with E-state index in [1.165, 1.54) is 11.1 Å². The van der Waals surface area contributed by atoms with Gasteiger partial charge in [-0.2, -0.15) is 0 Å². The summed E-state index contributed by atoms with van der Waals surface area (Å²) in [6, 6.07) is 16.7. The van der Waals surface area contributed by atoms with E-state index in [1.807, 2.05) is 13.8 Å². The molecular weight excluding hydrogens is 318 g/mol. The lowest BCUT2D eigenvalue weighted by Gasteiger charge is -2.14. The van der Waals surface area contributed by atoms with Crippen LogP contribution in [0.2, 0.25) is 0 Å². The summed E-state index contributed by atoms with van der Waals surface area (Å²) in [6.07, 6.45) is 1.43. The van der Waals surface area contributed by atoms with Gasteiger partial charge in [-0.05, 0) is 47.9 Å². The van der Waals surface area contributed by atoms with Crippen LogP contribution in [-0.2, 0) is 16.4 Å². The lowest BCUT2D eigenvalue weighted by Crippen LogP contribution is -2.29. The summed E-state index contributed by atoms with van der Waals surface area (Å²) in [5, 5.41) is 0. The Morgan fingerprint density at radius 2 is 1.54 bits per heavy atom. The first kappa shape index (κ1) is 18.7. The molecule has 0 spiro atoms. The van der Waals surface area contributed by atoms with Crippen molar-refractivity contribution in [1.29, 1.82) is 0 Å². The van der Waals surface area contributed by atoms with Crippen LogP contribution in [0.1, 0.15) is 37.3 Å². The third-order valence-corrected chi connectivity index (χ3v) is 5.69. The number of hydrogen-bond acceptors (Lipinski definition) is 2. The van der Waals surface area contributed by atoms with Crippen molar-refractivity contribution in [3.63, 3.8) is 0 Å². The molecule has 0 aliphatic carbocycles. The molecule has 1 radical (unpaired) electrons. The summed E-state index contributed by atoms with van der Waals surface area (Å²) < 4.78 is 26.2. The van der Waals surface area contributed by atoms with Crippen LogP contribution in [0, 0.1) is 6.92 Å². The molecule has 4 heteroatoms. The van der Waals surface area contributed by atoms with E-state index in [0.717, 1.165) is 17.5 Å². The predicted octanol–water partition coefficient (Wildman–Crippen LogP) is 4.16. The monoisotopic (exact) mass is 344 g/mol. The molecule has 2 aromatic rings. The number of rotatable bonds is 8. The van der Waals surface area contributed by atoms with E-state index in [-0.39, 0.29) is 11.7 Å². The molecule has 1 N–H and O–H groups in total. The molecule has 0 unspecified atom stereocenters. The standard InChI is InChI=1S/C20H26NO2S/c1-4-14-24(22,23)21-15-16(3)18-10-12-20(13-11-18)19-8-6-17(5-2)7-9-19/h6-13,16,21H,2,4-5,14-15H2,1,3H3/t16-/m1/s1. The fraction of sp³-hybridized carbons (Fsp3) is 0.350. The number of sulfonamides is 1. The third kappa shape index (κ3) is 5.18. The minimum Gasteiger partial charge on any atom is -0.215 e. The van der Waals surface area contributed by atoms with Gasteiger partial charge in [0, 0.05) is 6.54 Å². The number of hydrogen-bond donors (Lipinski definition) is 1. The van der Waals surface area contributed by atoms with Gasteiger partial charge in [-0.3, -0.25) is 0 Å². The quantitative estimate of drug-likeness (QED) is 0.781. The Hall–Kier alpha value is -1.65. The van der Waals surface area contributed by atoms with E-state index in [1.54, 1.807) is 0 Å². The highest BCUT2D eigenvalue weighted by atomic mass is 32.2. The first-order valence-electron chi connectivity index (χ1n) is 8.41. The zero-order chi connectivity index (χ0) is 17.6. The van der Waals surface area contributed by atoms with Gasteiger partial charge in [0.05, 0.1) is 5.75 Å². The van der Waals surface area contributed by atoms with Gasteiger partial charge in [-0.25, -0.2) is 13.1 Å². The molecule has 129 valence electrons. The van der Waals surface area contributed by atoms with Crippen LogP contribution >= 0.6 is 0 Å². The molecule has 0 saturated heterocycles. The van der Waals surface area contributed by atoms with Crippen LogP contribution in [0.25, 0.3) is 11.1 Å². The highest BCUT2D eigenvalue weighted by Gasteiger charge is 2.12. The fourth-order valence-electron chi connectivity index (χ4n) is 2.58. The summed E-state index contributed by atoms with van der Waals surface area (Å²) in [5.41, 5.74) is 4.69. The summed E-state index contributed by atoms with van der Waals surface area (Å²) >= 11 is 0. The van der Waals surface area contributed by atoms with Gasteiger partial charge in [0.2, 0.25) is 10.0 Å². The van der Waals surface area contributed by atoms with Crippen molar-refractivity contribution in [1.82, 2.24) is 4.72 Å². The molecule has 3 nitrogen and oxygen atoms in total. The van der Waals surface area contributed by atoms with E-state index in [9.17, 15) is 8.42 Å². The van der Waals surface area contributed by atoms with Crippen LogP contribution < -0.4 is 4.72 Å². The highest BCUT2D eigenvalue weighted by Crippen LogP contribution is 2.23. The van der Waals surface area contributed by atoms with Gasteiger partial charge in [0.25, 0.3) is 0 Å². The van der Waals surface area contributed by atoms with E-state index in [2.05, 4.69) is 60.2 Å². The molecule has 0 aliphatic heterocycles. The molecule has 0 saturated carbocycles. The first-order valence-corrected chi connectivity index (χ1v) is 10.1. The summed E-state index contributed by atoms with van der Waals surface area (Å²) in [4.78, 5) is 0. The minimum absolute atomic E-state index is 0.138. The normalized spacial score (nSPS) is 13.0. The van der Waals surface area contributed by atoms with Gasteiger partial charge in [0.15, 0.2) is 0 Å². The molecule has 0 aliphatic rings. The second-order valence-corrected chi connectivity index (χ2v) is 8.06. The van der Waals surface area contributed by atoms with Gasteiger partial charge >= 0.3 is 0 Å². The average molecular weight is 345 g/mol. The van der Waals surface area contributed by atoms with Gasteiger partial charge < -0.3 is 0 Å². The maximum Gasteiger partial charge on any atom is 0.211 e. The van der Waals surface area contributed by atoms with Gasteiger partial charge in [-0.15, -0.1) is 0 Å². The summed E-state index contributed by atoms with van der Waals surface area (Å²) in [5.74, 6) is 0.321. The fourth-order valence-corrected chi connectivity index (χ4v) is 3.76. The van der Waals surface area contributed by atoms with E-state index in [0.29, 0.717) is 13.0 Å². The summed E-state index contributed by atoms with van der Waals surface area (Å²) in [7, 11) is -3.15. The molecule has 24 heavy (non-hydrogen) atoms. The molecule has 0 aromatic heterocycles. The molecule has 0 bridgehead atoms. The molecular formula is C20H26NO2S. The molecule has 0 amide bonds. The van der Waals surface area contributed by atoms with Crippen molar-refractivity contribution < 1.29 is 8.42 Å². The van der Waals surface area contributed by atoms with Crippen LogP contribution in [-0.4, -0.2) is 20.7 Å². The van der Waals surface area contributed by atoms with E-state index in [4.69, 9.17) is 0 Å². The third-order valence-electron chi connectivity index (χ3n) is 4.14. The molecule has 0 fully saturated rings. The Balaban J connectivity index is 2.02. The Kier molecular flexibility index (Phi) is 6.58. The van der Waals surface area contributed by atoms with Crippen molar-refractivity contribution in [3.8, 4) is 11.1 Å². The minimum atomic E-state index is -3.15. The number of nitrogens with one attached hydrogen (secondary N) is 1. The SMILES string of the molecule is [CH2]Cc1ccc(-c2ccc([C@H](C)CNS(=O)(=O)CCC)cc2)cc1. The Labute approximate surface area is 146 Å². The second kappa shape index (κ2) is 8.45. The van der Waals surface area contributed by atoms with Crippen LogP contribution in [0.15, 0.2) is 48.5 Å². The molecule has 0 heterocycles. The lowest BCUT2D eigenvalue weighted by molar-refractivity contribution is 0.573. The Morgan fingerprint density at radius 3 is 2.04 bits per heavy atom. The van der Waals surface area contributed by atoms with Crippen molar-refractivity contribution in [2.24, 2.45) is 0 Å². The van der Waals surface area contributed by atoms with Crippen LogP contribution in [0.5, 0.6) is 0 Å². The highest BCUT2D eigenvalue weighted by molar-refractivity contribution is 7.89. The maximum atomic E-state index is 11.7. The lowest BCUT2D eigenvalue weighted by atomic mass is 9.97. The maximum absolute atomic E-state index is 11.7. The zero-order valence-electron chi connectivity index (χ0n) is 14.5. The van der Waals surface area contributed by atoms with Crippen molar-refractivity contribution in [2.45, 2.75) is 32.6 Å². The zero-order valence-corrected chi connectivity index (χ0v) is 15.3. The first-order chi connectivity index (χ1) is 11.4. The number of benzene rings is 2. The smallest absolute Gasteiger partial charge is 0.211 e. The molecule has 2 aromatic carbocycles. The van der Waals surface area contributed by atoms with Crippen molar-refractivity contribution in [3.05, 3.63) is 66.6 Å². The van der Waals surface area contributed by atoms with E-state index >= 15 is 0 Å². The van der Waals surface area contributed by atoms with Gasteiger partial charge in [-0.1, -0.05) is 62.4 Å². The van der Waals surface area contributed by atoms with Crippen LogP contribution in [0.3, 0.4) is 0 Å². The largest absolute Gasteiger partial charge is 0.215 e.